The van der Waals surface area contributed by atoms with Gasteiger partial charge in [-0.25, -0.2) is 0 Å². The molecule has 0 bridgehead atoms. The van der Waals surface area contributed by atoms with Gasteiger partial charge in [-0.3, -0.25) is 14.5 Å². The summed E-state index contributed by atoms with van der Waals surface area (Å²) in [6.07, 6.45) is 3.57. The van der Waals surface area contributed by atoms with Crippen molar-refractivity contribution in [3.05, 3.63) is 0 Å². The zero-order chi connectivity index (χ0) is 15.9. The number of ether oxygens (including phenoxy) is 1. The second-order valence-corrected chi connectivity index (χ2v) is 6.14. The maximum Gasteiger partial charge on any atom is 0.240 e. The minimum atomic E-state index is 0.00440. The van der Waals surface area contributed by atoms with Crippen LogP contribution >= 0.6 is 0 Å². The van der Waals surface area contributed by atoms with E-state index in [1.54, 1.807) is 7.11 Å². The number of hydrogen-bond donors (Lipinski definition) is 0. The van der Waals surface area contributed by atoms with Crippen LogP contribution in [0.25, 0.3) is 0 Å². The second kappa shape index (κ2) is 8.48. The van der Waals surface area contributed by atoms with Crippen molar-refractivity contribution < 1.29 is 14.3 Å². The van der Waals surface area contributed by atoms with Gasteiger partial charge in [0.05, 0.1) is 12.6 Å². The zero-order valence-corrected chi connectivity index (χ0v) is 13.9. The van der Waals surface area contributed by atoms with Gasteiger partial charge in [-0.05, 0) is 12.8 Å². The first-order valence-electron chi connectivity index (χ1n) is 8.47. The molecule has 2 aliphatic heterocycles. The van der Waals surface area contributed by atoms with Gasteiger partial charge in [-0.2, -0.15) is 0 Å². The summed E-state index contributed by atoms with van der Waals surface area (Å²) >= 11 is 0. The van der Waals surface area contributed by atoms with Crippen LogP contribution in [-0.2, 0) is 14.3 Å². The van der Waals surface area contributed by atoms with E-state index in [0.29, 0.717) is 19.6 Å². The Labute approximate surface area is 133 Å². The zero-order valence-electron chi connectivity index (χ0n) is 13.9. The molecule has 2 saturated heterocycles. The molecule has 22 heavy (non-hydrogen) atoms. The highest BCUT2D eigenvalue weighted by Crippen LogP contribution is 2.19. The molecule has 0 aromatic carbocycles. The fourth-order valence-corrected chi connectivity index (χ4v) is 3.25. The Kier molecular flexibility index (Phi) is 6.64. The van der Waals surface area contributed by atoms with Crippen LogP contribution in [0.4, 0.5) is 0 Å². The van der Waals surface area contributed by atoms with Crippen molar-refractivity contribution in [3.8, 4) is 0 Å². The molecular formula is C16H29N3O3. The summed E-state index contributed by atoms with van der Waals surface area (Å²) in [5, 5.41) is 0. The highest BCUT2D eigenvalue weighted by atomic mass is 16.5. The molecule has 2 aliphatic rings. The number of hydrogen-bond acceptors (Lipinski definition) is 4. The molecule has 1 atom stereocenters. The SMILES string of the molecule is CCCCC(=O)N1CCN(C2CCN(CCOC)C2=O)CC1. The quantitative estimate of drug-likeness (QED) is 0.690. The molecule has 0 radical (unpaired) electrons. The van der Waals surface area contributed by atoms with E-state index in [9.17, 15) is 9.59 Å². The molecule has 2 heterocycles. The fraction of sp³-hybridized carbons (Fsp3) is 0.875. The van der Waals surface area contributed by atoms with E-state index < -0.39 is 0 Å². The molecule has 6 nitrogen and oxygen atoms in total. The third-order valence-electron chi connectivity index (χ3n) is 4.69. The van der Waals surface area contributed by atoms with Crippen LogP contribution in [-0.4, -0.2) is 85.5 Å². The maximum atomic E-state index is 12.4. The lowest BCUT2D eigenvalue weighted by Crippen LogP contribution is -2.53. The van der Waals surface area contributed by atoms with Gasteiger partial charge >= 0.3 is 0 Å². The molecule has 0 spiro atoms. The average Bonchev–Trinajstić information content (AvgIpc) is 2.91. The summed E-state index contributed by atoms with van der Waals surface area (Å²) in [6.45, 7) is 7.34. The summed E-state index contributed by atoms with van der Waals surface area (Å²) in [6, 6.07) is 0.00440. The van der Waals surface area contributed by atoms with E-state index in [-0.39, 0.29) is 17.9 Å². The van der Waals surface area contributed by atoms with Crippen LogP contribution in [0.15, 0.2) is 0 Å². The molecule has 0 aromatic heterocycles. The van der Waals surface area contributed by atoms with Crippen LogP contribution in [0.3, 0.4) is 0 Å². The van der Waals surface area contributed by atoms with Crippen molar-refractivity contribution in [1.82, 2.24) is 14.7 Å². The topological polar surface area (TPSA) is 53.1 Å². The van der Waals surface area contributed by atoms with Gasteiger partial charge < -0.3 is 14.5 Å². The molecule has 0 aliphatic carbocycles. The van der Waals surface area contributed by atoms with Crippen molar-refractivity contribution in [3.63, 3.8) is 0 Å². The number of amides is 2. The predicted octanol–water partition coefficient (Wildman–Crippen LogP) is 0.568. The number of likely N-dealkylation sites (tertiary alicyclic amines) is 1. The Bertz CT molecular complexity index is 381. The van der Waals surface area contributed by atoms with E-state index in [2.05, 4.69) is 11.8 Å². The summed E-state index contributed by atoms with van der Waals surface area (Å²) in [4.78, 5) is 30.6. The minimum absolute atomic E-state index is 0.00440. The Morgan fingerprint density at radius 2 is 1.95 bits per heavy atom. The number of carbonyl (C=O) groups excluding carboxylic acids is 2. The normalized spacial score (nSPS) is 23.4. The van der Waals surface area contributed by atoms with Crippen LogP contribution in [0.1, 0.15) is 32.6 Å². The molecule has 1 unspecified atom stereocenters. The van der Waals surface area contributed by atoms with Crippen LogP contribution in [0.5, 0.6) is 0 Å². The molecule has 2 amide bonds. The Morgan fingerprint density at radius 3 is 2.59 bits per heavy atom. The first-order valence-corrected chi connectivity index (χ1v) is 8.47. The summed E-state index contributed by atoms with van der Waals surface area (Å²) in [7, 11) is 1.66. The molecule has 126 valence electrons. The standard InChI is InChI=1S/C16H29N3O3/c1-3-4-5-15(20)18-10-8-17(9-11-18)14-6-7-19(16(14)21)12-13-22-2/h14H,3-13H2,1-2H3. The number of piperazine rings is 1. The maximum absolute atomic E-state index is 12.4. The third kappa shape index (κ3) is 4.20. The molecule has 0 aromatic rings. The Balaban J connectivity index is 1.77. The molecular weight excluding hydrogens is 282 g/mol. The van der Waals surface area contributed by atoms with Gasteiger partial charge in [-0.1, -0.05) is 13.3 Å². The Hall–Kier alpha value is -1.14. The van der Waals surface area contributed by atoms with Crippen molar-refractivity contribution in [2.45, 2.75) is 38.6 Å². The van der Waals surface area contributed by atoms with E-state index in [4.69, 9.17) is 4.74 Å². The van der Waals surface area contributed by atoms with Gasteiger partial charge in [0, 0.05) is 52.8 Å². The monoisotopic (exact) mass is 311 g/mol. The Morgan fingerprint density at radius 1 is 1.23 bits per heavy atom. The van der Waals surface area contributed by atoms with Gasteiger partial charge in [0.15, 0.2) is 0 Å². The summed E-state index contributed by atoms with van der Waals surface area (Å²) < 4.78 is 5.05. The lowest BCUT2D eigenvalue weighted by atomic mass is 10.1. The van der Waals surface area contributed by atoms with Crippen molar-refractivity contribution in [2.75, 3.05) is 53.0 Å². The van der Waals surface area contributed by atoms with Crippen molar-refractivity contribution in [2.24, 2.45) is 0 Å². The molecule has 2 fully saturated rings. The molecule has 2 rings (SSSR count). The number of carbonyl (C=O) groups is 2. The molecule has 0 saturated carbocycles. The van der Waals surface area contributed by atoms with Gasteiger partial charge in [0.25, 0.3) is 0 Å². The van der Waals surface area contributed by atoms with E-state index in [1.807, 2.05) is 9.80 Å². The fourth-order valence-electron chi connectivity index (χ4n) is 3.25. The van der Waals surface area contributed by atoms with Crippen LogP contribution in [0.2, 0.25) is 0 Å². The first kappa shape index (κ1) is 17.2. The lowest BCUT2D eigenvalue weighted by molar-refractivity contribution is -0.136. The largest absolute Gasteiger partial charge is 0.383 e. The number of unbranched alkanes of at least 4 members (excludes halogenated alkanes) is 1. The minimum Gasteiger partial charge on any atom is -0.383 e. The second-order valence-electron chi connectivity index (χ2n) is 6.14. The first-order chi connectivity index (χ1) is 10.7. The molecule has 6 heteroatoms. The van der Waals surface area contributed by atoms with Crippen LogP contribution < -0.4 is 0 Å². The van der Waals surface area contributed by atoms with Gasteiger partial charge in [0.2, 0.25) is 11.8 Å². The van der Waals surface area contributed by atoms with Crippen molar-refractivity contribution >= 4 is 11.8 Å². The van der Waals surface area contributed by atoms with Crippen LogP contribution in [0, 0.1) is 0 Å². The van der Waals surface area contributed by atoms with Gasteiger partial charge in [0.1, 0.15) is 0 Å². The highest BCUT2D eigenvalue weighted by Gasteiger charge is 2.37. The molecule has 0 N–H and O–H groups in total. The van der Waals surface area contributed by atoms with E-state index in [1.165, 1.54) is 0 Å². The van der Waals surface area contributed by atoms with Crippen molar-refractivity contribution in [1.29, 1.82) is 0 Å². The third-order valence-corrected chi connectivity index (χ3v) is 4.69. The summed E-state index contributed by atoms with van der Waals surface area (Å²) in [5.41, 5.74) is 0. The average molecular weight is 311 g/mol. The highest BCUT2D eigenvalue weighted by molar-refractivity contribution is 5.84. The number of rotatable bonds is 7. The lowest BCUT2D eigenvalue weighted by Gasteiger charge is -2.37. The number of nitrogens with zero attached hydrogens (tertiary/aromatic N) is 3. The van der Waals surface area contributed by atoms with E-state index >= 15 is 0 Å². The van der Waals surface area contributed by atoms with E-state index in [0.717, 1.165) is 52.0 Å². The predicted molar refractivity (Wildman–Crippen MR) is 84.5 cm³/mol. The van der Waals surface area contributed by atoms with Gasteiger partial charge in [-0.15, -0.1) is 0 Å². The smallest absolute Gasteiger partial charge is 0.240 e. The number of methoxy groups -OCH3 is 1. The summed E-state index contributed by atoms with van der Waals surface area (Å²) in [5.74, 6) is 0.490.